The van der Waals surface area contributed by atoms with Gasteiger partial charge in [0.15, 0.2) is 0 Å². The minimum absolute atomic E-state index is 0.588. The zero-order valence-electron chi connectivity index (χ0n) is 6.36. The maximum atomic E-state index is 5.09. The number of rotatable bonds is 2. The lowest BCUT2D eigenvalue weighted by Crippen LogP contribution is -2.25. The van der Waals surface area contributed by atoms with E-state index in [1.807, 2.05) is 0 Å². The van der Waals surface area contributed by atoms with Crippen molar-refractivity contribution in [1.82, 2.24) is 5.09 Å². The monoisotopic (exact) mass is 227 g/mol. The molecule has 0 aliphatic heterocycles. The number of hydrogen-bond acceptors (Lipinski definition) is 1. The molecule has 1 fully saturated rings. The van der Waals surface area contributed by atoms with Crippen molar-refractivity contribution >= 4 is 40.9 Å². The van der Waals surface area contributed by atoms with Gasteiger partial charge in [0.05, 0.1) is 0 Å². The average molecular weight is 227 g/mol. The molecule has 0 heterocycles. The van der Waals surface area contributed by atoms with E-state index in [4.69, 9.17) is 11.8 Å². The van der Waals surface area contributed by atoms with E-state index in [-0.39, 0.29) is 0 Å². The van der Waals surface area contributed by atoms with Gasteiger partial charge in [-0.2, -0.15) is 0 Å². The molecule has 0 amide bonds. The van der Waals surface area contributed by atoms with E-state index in [1.54, 1.807) is 0 Å². The standard InChI is InChI=1S/C6H14NPS3/c9-8(10,11)7-6-4-2-1-3-5-6/h6H,1-5H2,(H3,7,9,10,11). The largest absolute Gasteiger partial charge is 0.270 e. The Labute approximate surface area is 84.1 Å². The number of thiol groups is 2. The molecule has 0 unspecified atom stereocenters. The van der Waals surface area contributed by atoms with Crippen molar-refractivity contribution in [2.24, 2.45) is 0 Å². The molecule has 1 saturated carbocycles. The van der Waals surface area contributed by atoms with Crippen LogP contribution in [0.2, 0.25) is 0 Å². The second kappa shape index (κ2) is 4.52. The molecule has 11 heavy (non-hydrogen) atoms. The van der Waals surface area contributed by atoms with Crippen LogP contribution in [0.4, 0.5) is 0 Å². The maximum absolute atomic E-state index is 5.09. The highest BCUT2D eigenvalue weighted by atomic mass is 33.2. The quantitative estimate of drug-likeness (QED) is 0.495. The van der Waals surface area contributed by atoms with Crippen LogP contribution < -0.4 is 5.09 Å². The first-order valence-electron chi connectivity index (χ1n) is 3.91. The average Bonchev–Trinajstić information content (AvgIpc) is 1.85. The molecule has 1 aliphatic carbocycles. The summed E-state index contributed by atoms with van der Waals surface area (Å²) < 4.78 is -1.76. The Hall–Kier alpha value is 1.31. The Morgan fingerprint density at radius 1 is 1.18 bits per heavy atom. The molecule has 0 saturated heterocycles. The van der Waals surface area contributed by atoms with Crippen molar-refractivity contribution in [3.05, 3.63) is 0 Å². The molecule has 66 valence electrons. The van der Waals surface area contributed by atoms with Crippen LogP contribution in [-0.2, 0) is 11.8 Å². The van der Waals surface area contributed by atoms with E-state index >= 15 is 0 Å². The van der Waals surface area contributed by atoms with E-state index < -0.39 is 4.59 Å². The first kappa shape index (κ1) is 10.4. The summed E-state index contributed by atoms with van der Waals surface area (Å²) in [5, 5.41) is 3.31. The molecule has 0 aromatic rings. The summed E-state index contributed by atoms with van der Waals surface area (Å²) in [7, 11) is 0. The lowest BCUT2D eigenvalue weighted by atomic mass is 9.96. The Bertz CT molecular complexity index is 161. The van der Waals surface area contributed by atoms with Gasteiger partial charge in [0.1, 0.15) is 4.59 Å². The maximum Gasteiger partial charge on any atom is 0.112 e. The zero-order valence-corrected chi connectivity index (χ0v) is 9.86. The minimum Gasteiger partial charge on any atom is -0.270 e. The topological polar surface area (TPSA) is 12.0 Å². The second-order valence-electron chi connectivity index (χ2n) is 3.01. The van der Waals surface area contributed by atoms with Gasteiger partial charge in [-0.3, -0.25) is 5.09 Å². The van der Waals surface area contributed by atoms with E-state index in [9.17, 15) is 0 Å². The smallest absolute Gasteiger partial charge is 0.112 e. The van der Waals surface area contributed by atoms with Crippen LogP contribution in [0.5, 0.6) is 0 Å². The molecule has 5 heteroatoms. The normalized spacial score (nSPS) is 22.0. The Kier molecular flexibility index (Phi) is 4.27. The summed E-state index contributed by atoms with van der Waals surface area (Å²) in [5.74, 6) is 0. The van der Waals surface area contributed by atoms with E-state index in [0.717, 1.165) is 0 Å². The fourth-order valence-corrected chi connectivity index (χ4v) is 3.63. The lowest BCUT2D eigenvalue weighted by molar-refractivity contribution is 0.422. The van der Waals surface area contributed by atoms with Crippen LogP contribution in [0.15, 0.2) is 0 Å². The number of hydrogen-bond donors (Lipinski definition) is 3. The fraction of sp³-hybridized carbons (Fsp3) is 1.00. The SMILES string of the molecule is S=P(S)(S)NC1CCCCC1. The first-order chi connectivity index (χ1) is 5.08. The van der Waals surface area contributed by atoms with Crippen molar-refractivity contribution in [1.29, 1.82) is 0 Å². The van der Waals surface area contributed by atoms with Crippen LogP contribution in [0.1, 0.15) is 32.1 Å². The van der Waals surface area contributed by atoms with Crippen molar-refractivity contribution < 1.29 is 0 Å². The molecule has 0 atom stereocenters. The van der Waals surface area contributed by atoms with Gasteiger partial charge >= 0.3 is 0 Å². The van der Waals surface area contributed by atoms with Crippen LogP contribution in [0.3, 0.4) is 0 Å². The third-order valence-corrected chi connectivity index (χ3v) is 3.67. The molecule has 0 radical (unpaired) electrons. The van der Waals surface area contributed by atoms with Crippen LogP contribution >= 0.6 is 29.1 Å². The minimum atomic E-state index is -1.76. The third kappa shape index (κ3) is 4.79. The van der Waals surface area contributed by atoms with Gasteiger partial charge in [-0.25, -0.2) is 0 Å². The number of nitrogens with one attached hydrogen (secondary N) is 1. The zero-order chi connectivity index (χ0) is 8.32. The lowest BCUT2D eigenvalue weighted by Gasteiger charge is -2.25. The predicted molar refractivity (Wildman–Crippen MR) is 62.3 cm³/mol. The van der Waals surface area contributed by atoms with Crippen molar-refractivity contribution in [2.75, 3.05) is 0 Å². The second-order valence-corrected chi connectivity index (χ2v) is 12.2. The highest BCUT2D eigenvalue weighted by Crippen LogP contribution is 2.52. The van der Waals surface area contributed by atoms with Crippen molar-refractivity contribution in [3.8, 4) is 0 Å². The molecule has 0 aromatic heterocycles. The fourth-order valence-electron chi connectivity index (χ4n) is 1.47. The van der Waals surface area contributed by atoms with Gasteiger partial charge in [-0.15, -0.1) is 24.5 Å². The van der Waals surface area contributed by atoms with E-state index in [0.29, 0.717) is 6.04 Å². The summed E-state index contributed by atoms with van der Waals surface area (Å²) >= 11 is 13.6. The van der Waals surface area contributed by atoms with Crippen molar-refractivity contribution in [3.63, 3.8) is 0 Å². The molecule has 1 rings (SSSR count). The van der Waals surface area contributed by atoms with Crippen LogP contribution in [0.25, 0.3) is 0 Å². The first-order valence-corrected chi connectivity index (χ1v) is 9.02. The Morgan fingerprint density at radius 3 is 2.18 bits per heavy atom. The summed E-state index contributed by atoms with van der Waals surface area (Å²) in [4.78, 5) is 0. The Balaban J connectivity index is 2.30. The molecule has 0 bridgehead atoms. The van der Waals surface area contributed by atoms with E-state index in [1.165, 1.54) is 32.1 Å². The summed E-state index contributed by atoms with van der Waals surface area (Å²) in [6, 6.07) is 0.588. The van der Waals surface area contributed by atoms with Crippen LogP contribution in [0, 0.1) is 0 Å². The highest BCUT2D eigenvalue weighted by molar-refractivity contribution is 8.91. The van der Waals surface area contributed by atoms with Crippen molar-refractivity contribution in [2.45, 2.75) is 38.1 Å². The summed E-state index contributed by atoms with van der Waals surface area (Å²) in [5.41, 5.74) is 0. The molecular formula is C6H14NPS3. The predicted octanol–water partition coefficient (Wildman–Crippen LogP) is 2.99. The summed E-state index contributed by atoms with van der Waals surface area (Å²) in [6.07, 6.45) is 6.53. The van der Waals surface area contributed by atoms with Gasteiger partial charge in [0.25, 0.3) is 0 Å². The molecular weight excluding hydrogens is 213 g/mol. The molecule has 1 aliphatic rings. The van der Waals surface area contributed by atoms with Gasteiger partial charge < -0.3 is 0 Å². The molecule has 0 spiro atoms. The molecule has 1 N–H and O–H groups in total. The van der Waals surface area contributed by atoms with E-state index in [2.05, 4.69) is 29.6 Å². The molecule has 0 aromatic carbocycles. The van der Waals surface area contributed by atoms with Gasteiger partial charge in [-0.1, -0.05) is 31.1 Å². The Morgan fingerprint density at radius 2 is 1.73 bits per heavy atom. The van der Waals surface area contributed by atoms with Gasteiger partial charge in [0, 0.05) is 6.04 Å². The third-order valence-electron chi connectivity index (χ3n) is 1.96. The highest BCUT2D eigenvalue weighted by Gasteiger charge is 2.16. The molecule has 1 nitrogen and oxygen atoms in total. The van der Waals surface area contributed by atoms with Gasteiger partial charge in [-0.05, 0) is 12.8 Å². The summed E-state index contributed by atoms with van der Waals surface area (Å²) in [6.45, 7) is 0. The van der Waals surface area contributed by atoms with Gasteiger partial charge in [0.2, 0.25) is 0 Å². The van der Waals surface area contributed by atoms with Crippen LogP contribution in [-0.4, -0.2) is 6.04 Å².